The molecular weight excluding hydrogens is 236 g/mol. The van der Waals surface area contributed by atoms with Crippen molar-refractivity contribution in [2.75, 3.05) is 31.6 Å². The summed E-state index contributed by atoms with van der Waals surface area (Å²) in [7, 11) is 1.97. The Morgan fingerprint density at radius 3 is 2.68 bits per heavy atom. The average molecular weight is 262 g/mol. The number of hydrogen-bond donors (Lipinski definition) is 1. The van der Waals surface area contributed by atoms with Gasteiger partial charge in [0.1, 0.15) is 5.75 Å². The summed E-state index contributed by atoms with van der Waals surface area (Å²) < 4.78 is 5.83. The molecule has 1 aliphatic heterocycles. The molecule has 106 valence electrons. The predicted octanol–water partition coefficient (Wildman–Crippen LogP) is 3.04. The van der Waals surface area contributed by atoms with Gasteiger partial charge in [0.25, 0.3) is 0 Å². The molecule has 0 unspecified atom stereocenters. The Labute approximate surface area is 116 Å². The maximum atomic E-state index is 5.83. The summed E-state index contributed by atoms with van der Waals surface area (Å²) in [5.41, 5.74) is 2.54. The van der Waals surface area contributed by atoms with Crippen molar-refractivity contribution in [2.24, 2.45) is 5.92 Å². The van der Waals surface area contributed by atoms with Crippen LogP contribution in [0, 0.1) is 5.92 Å². The number of nitrogens with one attached hydrogen (secondary N) is 1. The Balaban J connectivity index is 2.18. The van der Waals surface area contributed by atoms with Crippen molar-refractivity contribution in [3.63, 3.8) is 0 Å². The smallest absolute Gasteiger partial charge is 0.142 e. The second-order valence-corrected chi connectivity index (χ2v) is 5.43. The molecule has 0 aromatic heterocycles. The van der Waals surface area contributed by atoms with Gasteiger partial charge in [0.2, 0.25) is 0 Å². The Morgan fingerprint density at radius 2 is 2.05 bits per heavy atom. The molecule has 3 heteroatoms. The second kappa shape index (κ2) is 6.80. The molecule has 0 saturated carbocycles. The van der Waals surface area contributed by atoms with Crippen molar-refractivity contribution < 1.29 is 4.74 Å². The molecule has 0 amide bonds. The third-order valence-corrected chi connectivity index (χ3v) is 3.83. The van der Waals surface area contributed by atoms with E-state index in [0.29, 0.717) is 0 Å². The van der Waals surface area contributed by atoms with E-state index in [9.17, 15) is 0 Å². The number of hydrogen-bond acceptors (Lipinski definition) is 3. The zero-order chi connectivity index (χ0) is 13.7. The predicted molar refractivity (Wildman–Crippen MR) is 81.0 cm³/mol. The van der Waals surface area contributed by atoms with E-state index in [1.807, 2.05) is 14.0 Å². The lowest BCUT2D eigenvalue weighted by atomic mass is 9.98. The fourth-order valence-electron chi connectivity index (χ4n) is 2.65. The van der Waals surface area contributed by atoms with Crippen LogP contribution in [0.5, 0.6) is 5.75 Å². The van der Waals surface area contributed by atoms with Crippen molar-refractivity contribution in [2.45, 2.75) is 33.2 Å². The van der Waals surface area contributed by atoms with Crippen LogP contribution in [0.1, 0.15) is 32.3 Å². The van der Waals surface area contributed by atoms with Crippen molar-refractivity contribution in [1.29, 1.82) is 0 Å². The summed E-state index contributed by atoms with van der Waals surface area (Å²) in [6.07, 6.45) is 2.56. The van der Waals surface area contributed by atoms with E-state index in [2.05, 4.69) is 35.3 Å². The fraction of sp³-hybridized carbons (Fsp3) is 0.625. The summed E-state index contributed by atoms with van der Waals surface area (Å²) in [6, 6.07) is 6.59. The Bertz CT molecular complexity index is 398. The Hall–Kier alpha value is -1.22. The standard InChI is InChI=1S/C16H26N2O/c1-4-19-16-11-14(12-17-3)5-6-15(16)18-9-7-13(2)8-10-18/h5-6,11,13,17H,4,7-10,12H2,1-3H3. The van der Waals surface area contributed by atoms with Gasteiger partial charge in [0.15, 0.2) is 0 Å². The quantitative estimate of drug-likeness (QED) is 0.882. The number of piperidine rings is 1. The fourth-order valence-corrected chi connectivity index (χ4v) is 2.65. The lowest BCUT2D eigenvalue weighted by molar-refractivity contribution is 0.338. The van der Waals surface area contributed by atoms with Gasteiger partial charge in [0.05, 0.1) is 12.3 Å². The van der Waals surface area contributed by atoms with E-state index < -0.39 is 0 Å². The summed E-state index contributed by atoms with van der Waals surface area (Å²) in [5, 5.41) is 3.19. The second-order valence-electron chi connectivity index (χ2n) is 5.43. The highest BCUT2D eigenvalue weighted by atomic mass is 16.5. The summed E-state index contributed by atoms with van der Waals surface area (Å²) in [5.74, 6) is 1.89. The maximum Gasteiger partial charge on any atom is 0.142 e. The molecule has 1 aliphatic rings. The van der Waals surface area contributed by atoms with Crippen LogP contribution >= 0.6 is 0 Å². The molecule has 3 nitrogen and oxygen atoms in total. The molecule has 0 aliphatic carbocycles. The van der Waals surface area contributed by atoms with E-state index >= 15 is 0 Å². The number of anilines is 1. The van der Waals surface area contributed by atoms with E-state index in [0.717, 1.165) is 37.9 Å². The number of ether oxygens (including phenoxy) is 1. The minimum absolute atomic E-state index is 0.722. The zero-order valence-electron chi connectivity index (χ0n) is 12.4. The SMILES string of the molecule is CCOc1cc(CNC)ccc1N1CCC(C)CC1. The topological polar surface area (TPSA) is 24.5 Å². The van der Waals surface area contributed by atoms with Crippen LogP contribution in [-0.2, 0) is 6.54 Å². The van der Waals surface area contributed by atoms with Crippen LogP contribution < -0.4 is 15.0 Å². The van der Waals surface area contributed by atoms with Gasteiger partial charge in [-0.2, -0.15) is 0 Å². The first-order valence-corrected chi connectivity index (χ1v) is 7.39. The van der Waals surface area contributed by atoms with Crippen LogP contribution in [-0.4, -0.2) is 26.7 Å². The van der Waals surface area contributed by atoms with E-state index in [4.69, 9.17) is 4.74 Å². The van der Waals surface area contributed by atoms with E-state index in [-0.39, 0.29) is 0 Å². The Kier molecular flexibility index (Phi) is 5.08. The van der Waals surface area contributed by atoms with Gasteiger partial charge in [-0.3, -0.25) is 0 Å². The van der Waals surface area contributed by atoms with E-state index in [1.54, 1.807) is 0 Å². The highest BCUT2D eigenvalue weighted by Crippen LogP contribution is 2.32. The molecular formula is C16H26N2O. The monoisotopic (exact) mass is 262 g/mol. The van der Waals surface area contributed by atoms with Crippen LogP contribution in [0.25, 0.3) is 0 Å². The number of nitrogens with zero attached hydrogens (tertiary/aromatic N) is 1. The van der Waals surface area contributed by atoms with Gasteiger partial charge in [-0.05, 0) is 50.4 Å². The van der Waals surface area contributed by atoms with Crippen LogP contribution in [0.15, 0.2) is 18.2 Å². The Morgan fingerprint density at radius 1 is 1.32 bits per heavy atom. The first kappa shape index (κ1) is 14.2. The molecule has 1 aromatic rings. The molecule has 0 radical (unpaired) electrons. The van der Waals surface area contributed by atoms with Crippen LogP contribution in [0.2, 0.25) is 0 Å². The third kappa shape index (κ3) is 3.63. The third-order valence-electron chi connectivity index (χ3n) is 3.83. The van der Waals surface area contributed by atoms with Gasteiger partial charge in [-0.25, -0.2) is 0 Å². The first-order valence-electron chi connectivity index (χ1n) is 7.39. The molecule has 19 heavy (non-hydrogen) atoms. The minimum Gasteiger partial charge on any atom is -0.492 e. The highest BCUT2D eigenvalue weighted by Gasteiger charge is 2.19. The minimum atomic E-state index is 0.722. The lowest BCUT2D eigenvalue weighted by Crippen LogP contribution is -2.33. The van der Waals surface area contributed by atoms with Crippen molar-refractivity contribution in [3.05, 3.63) is 23.8 Å². The van der Waals surface area contributed by atoms with Crippen LogP contribution in [0.4, 0.5) is 5.69 Å². The van der Waals surface area contributed by atoms with Gasteiger partial charge in [0, 0.05) is 19.6 Å². The van der Waals surface area contributed by atoms with Crippen molar-refractivity contribution >= 4 is 5.69 Å². The molecule has 0 bridgehead atoms. The lowest BCUT2D eigenvalue weighted by Gasteiger charge is -2.33. The zero-order valence-corrected chi connectivity index (χ0v) is 12.4. The van der Waals surface area contributed by atoms with Gasteiger partial charge in [-0.15, -0.1) is 0 Å². The normalized spacial score (nSPS) is 16.7. The molecule has 1 heterocycles. The van der Waals surface area contributed by atoms with Gasteiger partial charge >= 0.3 is 0 Å². The van der Waals surface area contributed by atoms with Gasteiger partial charge in [-0.1, -0.05) is 13.0 Å². The van der Waals surface area contributed by atoms with Crippen molar-refractivity contribution in [1.82, 2.24) is 5.32 Å². The largest absolute Gasteiger partial charge is 0.492 e. The molecule has 1 N–H and O–H groups in total. The van der Waals surface area contributed by atoms with E-state index in [1.165, 1.54) is 24.1 Å². The average Bonchev–Trinajstić information content (AvgIpc) is 2.41. The first-order chi connectivity index (χ1) is 9.24. The molecule has 0 atom stereocenters. The van der Waals surface area contributed by atoms with Crippen molar-refractivity contribution in [3.8, 4) is 5.75 Å². The summed E-state index contributed by atoms with van der Waals surface area (Å²) >= 11 is 0. The summed E-state index contributed by atoms with van der Waals surface area (Å²) in [4.78, 5) is 2.47. The molecule has 1 saturated heterocycles. The number of benzene rings is 1. The van der Waals surface area contributed by atoms with Gasteiger partial charge < -0.3 is 15.0 Å². The number of rotatable bonds is 5. The molecule has 1 fully saturated rings. The van der Waals surface area contributed by atoms with Crippen LogP contribution in [0.3, 0.4) is 0 Å². The molecule has 2 rings (SSSR count). The molecule has 0 spiro atoms. The highest BCUT2D eigenvalue weighted by molar-refractivity contribution is 5.60. The molecule has 1 aromatic carbocycles. The maximum absolute atomic E-state index is 5.83. The summed E-state index contributed by atoms with van der Waals surface area (Å²) in [6.45, 7) is 8.29.